The summed E-state index contributed by atoms with van der Waals surface area (Å²) in [6.07, 6.45) is 2.74. The SMILES string of the molecule is CCc1nn(C)c(CN2CCC(OCC(=O)O)CC2)c1Br. The van der Waals surface area contributed by atoms with E-state index in [4.69, 9.17) is 9.84 Å². The van der Waals surface area contributed by atoms with E-state index in [9.17, 15) is 4.79 Å². The second-order valence-electron chi connectivity index (χ2n) is 5.36. The fourth-order valence-electron chi connectivity index (χ4n) is 2.63. The van der Waals surface area contributed by atoms with Crippen LogP contribution in [-0.4, -0.2) is 51.6 Å². The summed E-state index contributed by atoms with van der Waals surface area (Å²) in [5, 5.41) is 13.1. The van der Waals surface area contributed by atoms with Gasteiger partial charge in [-0.3, -0.25) is 9.58 Å². The first-order valence-electron chi connectivity index (χ1n) is 7.27. The van der Waals surface area contributed by atoms with Gasteiger partial charge in [0.25, 0.3) is 0 Å². The van der Waals surface area contributed by atoms with Gasteiger partial charge in [0.2, 0.25) is 0 Å². The summed E-state index contributed by atoms with van der Waals surface area (Å²) in [6.45, 7) is 4.60. The lowest BCUT2D eigenvalue weighted by Crippen LogP contribution is -2.37. The van der Waals surface area contributed by atoms with Crippen LogP contribution in [0.3, 0.4) is 0 Å². The minimum atomic E-state index is -0.900. The number of aryl methyl sites for hydroxylation is 2. The maximum Gasteiger partial charge on any atom is 0.329 e. The van der Waals surface area contributed by atoms with E-state index in [0.29, 0.717) is 0 Å². The molecule has 0 atom stereocenters. The Labute approximate surface area is 133 Å². The summed E-state index contributed by atoms with van der Waals surface area (Å²) >= 11 is 3.64. The summed E-state index contributed by atoms with van der Waals surface area (Å²) in [5.41, 5.74) is 2.28. The van der Waals surface area contributed by atoms with Gasteiger partial charge in [-0.15, -0.1) is 0 Å². The minimum Gasteiger partial charge on any atom is -0.480 e. The number of ether oxygens (including phenoxy) is 1. The van der Waals surface area contributed by atoms with Crippen LogP contribution in [0.5, 0.6) is 0 Å². The molecule has 0 radical (unpaired) electrons. The Hall–Kier alpha value is -0.920. The lowest BCUT2D eigenvalue weighted by atomic mass is 10.1. The van der Waals surface area contributed by atoms with Gasteiger partial charge in [0.1, 0.15) is 6.61 Å². The highest BCUT2D eigenvalue weighted by molar-refractivity contribution is 9.10. The van der Waals surface area contributed by atoms with Gasteiger partial charge >= 0.3 is 5.97 Å². The zero-order chi connectivity index (χ0) is 15.4. The van der Waals surface area contributed by atoms with Crippen molar-refractivity contribution in [3.63, 3.8) is 0 Å². The van der Waals surface area contributed by atoms with E-state index in [-0.39, 0.29) is 12.7 Å². The molecular weight excluding hydrogens is 338 g/mol. The Morgan fingerprint density at radius 2 is 2.14 bits per heavy atom. The molecule has 0 amide bonds. The highest BCUT2D eigenvalue weighted by Crippen LogP contribution is 2.24. The first kappa shape index (κ1) is 16.5. The van der Waals surface area contributed by atoms with Gasteiger partial charge in [-0.05, 0) is 35.2 Å². The molecule has 1 aromatic heterocycles. The molecule has 1 N–H and O–H groups in total. The van der Waals surface area contributed by atoms with E-state index in [1.165, 1.54) is 5.69 Å². The molecule has 7 heteroatoms. The fourth-order valence-corrected chi connectivity index (χ4v) is 3.37. The van der Waals surface area contributed by atoms with Gasteiger partial charge in [0, 0.05) is 26.7 Å². The maximum absolute atomic E-state index is 10.5. The third kappa shape index (κ3) is 4.28. The highest BCUT2D eigenvalue weighted by atomic mass is 79.9. The van der Waals surface area contributed by atoms with Gasteiger partial charge in [-0.1, -0.05) is 6.92 Å². The van der Waals surface area contributed by atoms with Crippen LogP contribution in [0.4, 0.5) is 0 Å². The van der Waals surface area contributed by atoms with Crippen molar-refractivity contribution in [2.75, 3.05) is 19.7 Å². The molecule has 0 aliphatic carbocycles. The van der Waals surface area contributed by atoms with Gasteiger partial charge < -0.3 is 9.84 Å². The zero-order valence-corrected chi connectivity index (χ0v) is 14.1. The van der Waals surface area contributed by atoms with E-state index < -0.39 is 5.97 Å². The Morgan fingerprint density at radius 1 is 1.48 bits per heavy atom. The van der Waals surface area contributed by atoms with Gasteiger partial charge in [0.05, 0.1) is 22.0 Å². The summed E-state index contributed by atoms with van der Waals surface area (Å²) in [7, 11) is 1.97. The molecule has 1 aliphatic rings. The van der Waals surface area contributed by atoms with Crippen molar-refractivity contribution in [1.82, 2.24) is 14.7 Å². The summed E-state index contributed by atoms with van der Waals surface area (Å²) in [6, 6.07) is 0. The Bertz CT molecular complexity index is 496. The summed E-state index contributed by atoms with van der Waals surface area (Å²) in [5.74, 6) is -0.900. The molecule has 0 bridgehead atoms. The van der Waals surface area contributed by atoms with E-state index >= 15 is 0 Å². The van der Waals surface area contributed by atoms with Gasteiger partial charge in [0.15, 0.2) is 0 Å². The van der Waals surface area contributed by atoms with Crippen LogP contribution in [0.15, 0.2) is 4.47 Å². The number of carboxylic acids is 1. The van der Waals surface area contributed by atoms with Crippen LogP contribution in [0.2, 0.25) is 0 Å². The van der Waals surface area contributed by atoms with Gasteiger partial charge in [-0.2, -0.15) is 5.10 Å². The number of likely N-dealkylation sites (tertiary alicyclic amines) is 1. The predicted octanol–water partition coefficient (Wildman–Crippen LogP) is 1.81. The lowest BCUT2D eigenvalue weighted by Gasteiger charge is -2.31. The Morgan fingerprint density at radius 3 is 2.67 bits per heavy atom. The highest BCUT2D eigenvalue weighted by Gasteiger charge is 2.22. The summed E-state index contributed by atoms with van der Waals surface area (Å²) < 4.78 is 8.41. The molecule has 0 saturated carbocycles. The number of hydrogen-bond donors (Lipinski definition) is 1. The van der Waals surface area contributed by atoms with Crippen molar-refractivity contribution < 1.29 is 14.6 Å². The first-order valence-corrected chi connectivity index (χ1v) is 8.06. The topological polar surface area (TPSA) is 67.6 Å². The Balaban J connectivity index is 1.86. The lowest BCUT2D eigenvalue weighted by molar-refractivity contribution is -0.145. The number of carbonyl (C=O) groups is 1. The minimum absolute atomic E-state index is 0.0681. The average molecular weight is 360 g/mol. The van der Waals surface area contributed by atoms with Crippen molar-refractivity contribution in [2.45, 2.75) is 38.8 Å². The predicted molar refractivity (Wildman–Crippen MR) is 82.2 cm³/mol. The third-order valence-electron chi connectivity index (χ3n) is 3.85. The molecule has 6 nitrogen and oxygen atoms in total. The molecule has 0 spiro atoms. The quantitative estimate of drug-likeness (QED) is 0.838. The smallest absolute Gasteiger partial charge is 0.329 e. The van der Waals surface area contributed by atoms with Crippen LogP contribution in [0, 0.1) is 0 Å². The van der Waals surface area contributed by atoms with Crippen LogP contribution in [-0.2, 0) is 29.5 Å². The molecule has 1 saturated heterocycles. The van der Waals surface area contributed by atoms with E-state index in [0.717, 1.165) is 49.1 Å². The number of rotatable bonds is 6. The van der Waals surface area contributed by atoms with Crippen LogP contribution in [0.1, 0.15) is 31.2 Å². The molecule has 2 rings (SSSR count). The zero-order valence-electron chi connectivity index (χ0n) is 12.5. The normalized spacial score (nSPS) is 17.3. The number of hydrogen-bond acceptors (Lipinski definition) is 4. The van der Waals surface area contributed by atoms with E-state index in [1.807, 2.05) is 11.7 Å². The first-order chi connectivity index (χ1) is 10.0. The molecule has 1 fully saturated rings. The van der Waals surface area contributed by atoms with Crippen molar-refractivity contribution in [3.8, 4) is 0 Å². The molecule has 118 valence electrons. The number of carboxylic acid groups (broad SMARTS) is 1. The molecule has 2 heterocycles. The average Bonchev–Trinajstić information content (AvgIpc) is 2.74. The third-order valence-corrected chi connectivity index (χ3v) is 4.77. The second kappa shape index (κ2) is 7.38. The van der Waals surface area contributed by atoms with Gasteiger partial charge in [-0.25, -0.2) is 4.79 Å². The van der Waals surface area contributed by atoms with Crippen LogP contribution < -0.4 is 0 Å². The maximum atomic E-state index is 10.5. The van der Waals surface area contributed by atoms with Crippen LogP contribution in [0.25, 0.3) is 0 Å². The van der Waals surface area contributed by atoms with Crippen molar-refractivity contribution in [3.05, 3.63) is 15.9 Å². The van der Waals surface area contributed by atoms with Crippen LogP contribution >= 0.6 is 15.9 Å². The molecule has 0 aromatic carbocycles. The molecule has 21 heavy (non-hydrogen) atoms. The molecule has 0 unspecified atom stereocenters. The molecule has 1 aliphatic heterocycles. The largest absolute Gasteiger partial charge is 0.480 e. The Kier molecular flexibility index (Phi) is 5.78. The number of aliphatic carboxylic acids is 1. The number of nitrogens with zero attached hydrogens (tertiary/aromatic N) is 3. The van der Waals surface area contributed by atoms with Crippen molar-refractivity contribution >= 4 is 21.9 Å². The second-order valence-corrected chi connectivity index (χ2v) is 6.16. The molecule has 1 aromatic rings. The van der Waals surface area contributed by atoms with E-state index in [2.05, 4.69) is 32.9 Å². The summed E-state index contributed by atoms with van der Waals surface area (Å²) in [4.78, 5) is 12.9. The fraction of sp³-hybridized carbons (Fsp3) is 0.714. The molecular formula is C14H22BrN3O3. The number of piperidine rings is 1. The standard InChI is InChI=1S/C14H22BrN3O3/c1-3-11-14(15)12(17(2)16-11)8-18-6-4-10(5-7-18)21-9-13(19)20/h10H,3-9H2,1-2H3,(H,19,20). The number of halogens is 1. The van der Waals surface area contributed by atoms with Crippen molar-refractivity contribution in [2.24, 2.45) is 7.05 Å². The van der Waals surface area contributed by atoms with E-state index in [1.54, 1.807) is 0 Å². The van der Waals surface area contributed by atoms with Crippen molar-refractivity contribution in [1.29, 1.82) is 0 Å². The monoisotopic (exact) mass is 359 g/mol. The number of aromatic nitrogens is 2.